The van der Waals surface area contributed by atoms with Crippen molar-refractivity contribution in [3.05, 3.63) is 23.7 Å². The summed E-state index contributed by atoms with van der Waals surface area (Å²) in [6, 6.07) is 5.09. The fourth-order valence-electron chi connectivity index (χ4n) is 2.85. The lowest BCUT2D eigenvalue weighted by molar-refractivity contribution is 0.209. The van der Waals surface area contributed by atoms with Crippen LogP contribution in [0.25, 0.3) is 0 Å². The van der Waals surface area contributed by atoms with E-state index in [0.29, 0.717) is 12.1 Å². The number of hydrogen-bond acceptors (Lipinski definition) is 2. The Morgan fingerprint density at radius 2 is 2.06 bits per heavy atom. The molecule has 0 saturated heterocycles. The maximum Gasteiger partial charge on any atom is 0.120 e. The Morgan fingerprint density at radius 1 is 1.29 bits per heavy atom. The highest BCUT2D eigenvalue weighted by Gasteiger charge is 2.27. The van der Waals surface area contributed by atoms with E-state index in [2.05, 4.69) is 32.2 Å². The van der Waals surface area contributed by atoms with Gasteiger partial charge in [0.15, 0.2) is 0 Å². The largest absolute Gasteiger partial charge is 0.465 e. The highest BCUT2D eigenvalue weighted by molar-refractivity contribution is 5.09. The smallest absolute Gasteiger partial charge is 0.120 e. The van der Waals surface area contributed by atoms with Gasteiger partial charge in [0.05, 0.1) is 6.04 Å². The van der Waals surface area contributed by atoms with Crippen LogP contribution >= 0.6 is 0 Å². The third-order valence-electron chi connectivity index (χ3n) is 4.11. The van der Waals surface area contributed by atoms with Crippen molar-refractivity contribution in [2.45, 2.75) is 59.0 Å². The number of aryl methyl sites for hydroxylation is 1. The molecule has 0 aromatic carbocycles. The first-order valence-corrected chi connectivity index (χ1v) is 6.88. The molecule has 1 aromatic heterocycles. The van der Waals surface area contributed by atoms with E-state index in [9.17, 15) is 0 Å². The monoisotopic (exact) mass is 235 g/mol. The molecule has 2 rings (SSSR count). The van der Waals surface area contributed by atoms with Gasteiger partial charge in [0.1, 0.15) is 11.5 Å². The van der Waals surface area contributed by atoms with Crippen molar-refractivity contribution in [1.82, 2.24) is 5.32 Å². The molecular weight excluding hydrogens is 210 g/mol. The van der Waals surface area contributed by atoms with Crippen molar-refractivity contribution in [3.63, 3.8) is 0 Å². The molecule has 0 spiro atoms. The molecule has 1 heterocycles. The van der Waals surface area contributed by atoms with Crippen molar-refractivity contribution >= 4 is 0 Å². The zero-order valence-corrected chi connectivity index (χ0v) is 11.5. The van der Waals surface area contributed by atoms with Gasteiger partial charge in [-0.25, -0.2) is 0 Å². The van der Waals surface area contributed by atoms with Crippen molar-refractivity contribution in [1.29, 1.82) is 0 Å². The predicted octanol–water partition coefficient (Wildman–Crippen LogP) is 4.06. The predicted molar refractivity (Wildman–Crippen MR) is 71.0 cm³/mol. The van der Waals surface area contributed by atoms with Crippen LogP contribution in [0, 0.1) is 18.8 Å². The minimum absolute atomic E-state index is 0.321. The number of hydrogen-bond donors (Lipinski definition) is 1. The van der Waals surface area contributed by atoms with Crippen LogP contribution in [0.4, 0.5) is 0 Å². The van der Waals surface area contributed by atoms with Crippen LogP contribution in [0.15, 0.2) is 16.5 Å². The van der Waals surface area contributed by atoms with Crippen LogP contribution in [-0.2, 0) is 0 Å². The van der Waals surface area contributed by atoms with Crippen LogP contribution in [0.1, 0.15) is 57.6 Å². The first-order chi connectivity index (χ1) is 8.06. The Labute approximate surface area is 105 Å². The second-order valence-corrected chi connectivity index (χ2v) is 5.84. The number of nitrogens with one attached hydrogen (secondary N) is 1. The summed E-state index contributed by atoms with van der Waals surface area (Å²) < 4.78 is 5.69. The van der Waals surface area contributed by atoms with E-state index >= 15 is 0 Å². The molecule has 4 unspecified atom stereocenters. The molecule has 0 bridgehead atoms. The van der Waals surface area contributed by atoms with E-state index in [0.717, 1.165) is 23.4 Å². The second-order valence-electron chi connectivity index (χ2n) is 5.84. The molecule has 96 valence electrons. The zero-order valence-electron chi connectivity index (χ0n) is 11.5. The average molecular weight is 235 g/mol. The first-order valence-electron chi connectivity index (χ1n) is 6.88. The molecule has 0 aliphatic heterocycles. The highest BCUT2D eigenvalue weighted by atomic mass is 16.3. The molecule has 1 N–H and O–H groups in total. The molecule has 2 nitrogen and oxygen atoms in total. The van der Waals surface area contributed by atoms with E-state index < -0.39 is 0 Å². The minimum Gasteiger partial charge on any atom is -0.465 e. The van der Waals surface area contributed by atoms with Crippen LogP contribution in [0.3, 0.4) is 0 Å². The Bertz CT molecular complexity index is 358. The third-order valence-corrected chi connectivity index (χ3v) is 4.11. The van der Waals surface area contributed by atoms with E-state index in [1.54, 1.807) is 0 Å². The lowest BCUT2D eigenvalue weighted by Gasteiger charge is -2.35. The summed E-state index contributed by atoms with van der Waals surface area (Å²) in [5.74, 6) is 3.70. The van der Waals surface area contributed by atoms with Gasteiger partial charge in [0.2, 0.25) is 0 Å². The second kappa shape index (κ2) is 5.26. The van der Waals surface area contributed by atoms with Gasteiger partial charge < -0.3 is 9.73 Å². The van der Waals surface area contributed by atoms with Gasteiger partial charge in [-0.2, -0.15) is 0 Å². The fraction of sp³-hybridized carbons (Fsp3) is 0.733. The Morgan fingerprint density at radius 3 is 2.71 bits per heavy atom. The molecule has 17 heavy (non-hydrogen) atoms. The van der Waals surface area contributed by atoms with Crippen LogP contribution in [0.2, 0.25) is 0 Å². The van der Waals surface area contributed by atoms with Gasteiger partial charge in [0, 0.05) is 6.04 Å². The van der Waals surface area contributed by atoms with Gasteiger partial charge in [-0.3, -0.25) is 0 Å². The third kappa shape index (κ3) is 3.12. The molecule has 0 radical (unpaired) electrons. The quantitative estimate of drug-likeness (QED) is 0.854. The summed E-state index contributed by atoms with van der Waals surface area (Å²) in [4.78, 5) is 0. The summed E-state index contributed by atoms with van der Waals surface area (Å²) in [6.45, 7) is 8.93. The highest BCUT2D eigenvalue weighted by Crippen LogP contribution is 2.30. The van der Waals surface area contributed by atoms with E-state index in [-0.39, 0.29) is 0 Å². The Balaban J connectivity index is 1.95. The summed E-state index contributed by atoms with van der Waals surface area (Å²) in [5, 5.41) is 3.73. The molecule has 2 heteroatoms. The summed E-state index contributed by atoms with van der Waals surface area (Å²) in [7, 11) is 0. The summed E-state index contributed by atoms with van der Waals surface area (Å²) >= 11 is 0. The van der Waals surface area contributed by atoms with Crippen molar-refractivity contribution in [2.24, 2.45) is 11.8 Å². The molecule has 1 aromatic rings. The standard InChI is InChI=1S/C15H25NO/c1-10-5-6-11(2)14(9-10)16-13(4)15-8-7-12(3)17-15/h7-8,10-11,13-14,16H,5-6,9H2,1-4H3. The van der Waals surface area contributed by atoms with Crippen LogP contribution in [0.5, 0.6) is 0 Å². The topological polar surface area (TPSA) is 25.2 Å². The van der Waals surface area contributed by atoms with Crippen molar-refractivity contribution in [2.75, 3.05) is 0 Å². The molecule has 1 aliphatic rings. The van der Waals surface area contributed by atoms with Gasteiger partial charge >= 0.3 is 0 Å². The van der Waals surface area contributed by atoms with E-state index in [1.807, 2.05) is 13.0 Å². The van der Waals surface area contributed by atoms with Gasteiger partial charge in [-0.05, 0) is 50.7 Å². The van der Waals surface area contributed by atoms with E-state index in [1.165, 1.54) is 19.3 Å². The van der Waals surface area contributed by atoms with E-state index in [4.69, 9.17) is 4.42 Å². The van der Waals surface area contributed by atoms with Gasteiger partial charge in [0.25, 0.3) is 0 Å². The summed E-state index contributed by atoms with van der Waals surface area (Å²) in [6.07, 6.45) is 4.03. The minimum atomic E-state index is 0.321. The molecule has 4 atom stereocenters. The van der Waals surface area contributed by atoms with Crippen molar-refractivity contribution < 1.29 is 4.42 Å². The summed E-state index contributed by atoms with van der Waals surface area (Å²) in [5.41, 5.74) is 0. The molecule has 1 fully saturated rings. The average Bonchev–Trinajstić information content (AvgIpc) is 2.70. The molecule has 0 amide bonds. The fourth-order valence-corrected chi connectivity index (χ4v) is 2.85. The molecule has 1 saturated carbocycles. The SMILES string of the molecule is Cc1ccc(C(C)NC2CC(C)CCC2C)o1. The first kappa shape index (κ1) is 12.7. The number of rotatable bonds is 3. The maximum absolute atomic E-state index is 5.69. The Hall–Kier alpha value is -0.760. The molecular formula is C15H25NO. The van der Waals surface area contributed by atoms with Crippen molar-refractivity contribution in [3.8, 4) is 0 Å². The Kier molecular flexibility index (Phi) is 3.93. The van der Waals surface area contributed by atoms with Gasteiger partial charge in [-0.1, -0.05) is 20.3 Å². The lowest BCUT2D eigenvalue weighted by Crippen LogP contribution is -2.40. The van der Waals surface area contributed by atoms with Crippen LogP contribution < -0.4 is 5.32 Å². The molecule has 1 aliphatic carbocycles. The number of furan rings is 1. The maximum atomic E-state index is 5.69. The lowest BCUT2D eigenvalue weighted by atomic mass is 9.80. The van der Waals surface area contributed by atoms with Gasteiger partial charge in [-0.15, -0.1) is 0 Å². The normalized spacial score (nSPS) is 31.4. The van der Waals surface area contributed by atoms with Crippen LogP contribution in [-0.4, -0.2) is 6.04 Å². The zero-order chi connectivity index (χ0) is 12.4.